The third kappa shape index (κ3) is 1.50. The largest absolute Gasteiger partial charge is 0.364 e. The van der Waals surface area contributed by atoms with Crippen LogP contribution in [0.3, 0.4) is 0 Å². The van der Waals surface area contributed by atoms with Gasteiger partial charge in [0.2, 0.25) is 0 Å². The van der Waals surface area contributed by atoms with Crippen molar-refractivity contribution in [2.24, 2.45) is 5.92 Å². The van der Waals surface area contributed by atoms with Crippen molar-refractivity contribution >= 4 is 0 Å². The van der Waals surface area contributed by atoms with Gasteiger partial charge in [-0.1, -0.05) is 13.3 Å². The highest BCUT2D eigenvalue weighted by molar-refractivity contribution is 4.99. The molecule has 0 aromatic carbocycles. The van der Waals surface area contributed by atoms with Crippen molar-refractivity contribution in [1.29, 1.82) is 0 Å². The Morgan fingerprint density at radius 2 is 2.23 bits per heavy atom. The number of rotatable bonds is 3. The molecule has 0 amide bonds. The van der Waals surface area contributed by atoms with Crippen molar-refractivity contribution in [3.8, 4) is 0 Å². The molecule has 3 atom stereocenters. The fraction of sp³-hybridized carbons (Fsp3) is 1.00. The second-order valence-corrected chi connectivity index (χ2v) is 4.54. The molecule has 0 radical (unpaired) electrons. The molecule has 2 rings (SSSR count). The van der Waals surface area contributed by atoms with Gasteiger partial charge in [-0.05, 0) is 32.1 Å². The summed E-state index contributed by atoms with van der Waals surface area (Å²) in [4.78, 5) is 0. The zero-order valence-corrected chi connectivity index (χ0v) is 8.81. The van der Waals surface area contributed by atoms with E-state index in [4.69, 9.17) is 4.74 Å². The molecular weight excluding hydrogens is 162 g/mol. The van der Waals surface area contributed by atoms with Gasteiger partial charge in [0.05, 0.1) is 0 Å². The molecule has 2 heterocycles. The quantitative estimate of drug-likeness (QED) is 0.725. The van der Waals surface area contributed by atoms with E-state index < -0.39 is 0 Å². The van der Waals surface area contributed by atoms with Gasteiger partial charge in [-0.25, -0.2) is 0 Å². The zero-order valence-electron chi connectivity index (χ0n) is 8.81. The lowest BCUT2D eigenvalue weighted by atomic mass is 9.85. The first kappa shape index (κ1) is 9.47. The van der Waals surface area contributed by atoms with Crippen LogP contribution in [-0.4, -0.2) is 18.9 Å². The Morgan fingerprint density at radius 1 is 1.38 bits per heavy atom. The third-order valence-corrected chi connectivity index (χ3v) is 3.84. The normalized spacial score (nSPS) is 43.8. The van der Waals surface area contributed by atoms with Gasteiger partial charge in [-0.3, -0.25) is 5.32 Å². The summed E-state index contributed by atoms with van der Waals surface area (Å²) in [5.74, 6) is 0.751. The summed E-state index contributed by atoms with van der Waals surface area (Å²) >= 11 is 0. The number of fused-ring (bicyclic) bond motifs is 2. The summed E-state index contributed by atoms with van der Waals surface area (Å²) in [6.07, 6.45) is 7.84. The van der Waals surface area contributed by atoms with Gasteiger partial charge in [0.1, 0.15) is 5.72 Å². The molecule has 2 heteroatoms. The predicted octanol–water partition coefficient (Wildman–Crippen LogP) is 2.29. The molecule has 76 valence electrons. The average Bonchev–Trinajstić information content (AvgIpc) is 2.51. The molecule has 3 unspecified atom stereocenters. The van der Waals surface area contributed by atoms with E-state index in [9.17, 15) is 0 Å². The monoisotopic (exact) mass is 183 g/mol. The molecule has 0 aliphatic carbocycles. The molecule has 1 N–H and O–H groups in total. The predicted molar refractivity (Wildman–Crippen MR) is 53.5 cm³/mol. The summed E-state index contributed by atoms with van der Waals surface area (Å²) in [6.45, 7) is 2.27. The van der Waals surface area contributed by atoms with E-state index >= 15 is 0 Å². The molecule has 2 fully saturated rings. The number of hydrogen-bond acceptors (Lipinski definition) is 2. The lowest BCUT2D eigenvalue weighted by Gasteiger charge is -2.41. The van der Waals surface area contributed by atoms with Crippen LogP contribution in [0.15, 0.2) is 0 Å². The van der Waals surface area contributed by atoms with Crippen molar-refractivity contribution < 1.29 is 4.74 Å². The highest BCUT2D eigenvalue weighted by Crippen LogP contribution is 2.42. The Kier molecular flexibility index (Phi) is 2.61. The first-order valence-electron chi connectivity index (χ1n) is 5.63. The minimum atomic E-state index is 0.0545. The van der Waals surface area contributed by atoms with Crippen LogP contribution in [0.5, 0.6) is 0 Å². The van der Waals surface area contributed by atoms with Crippen LogP contribution in [0.25, 0.3) is 0 Å². The van der Waals surface area contributed by atoms with Gasteiger partial charge in [0, 0.05) is 19.1 Å². The van der Waals surface area contributed by atoms with Gasteiger partial charge in [-0.2, -0.15) is 0 Å². The van der Waals surface area contributed by atoms with Crippen LogP contribution in [0.1, 0.15) is 45.4 Å². The Balaban J connectivity index is 2.08. The number of nitrogens with one attached hydrogen (secondary N) is 1. The van der Waals surface area contributed by atoms with Gasteiger partial charge in [0.25, 0.3) is 0 Å². The maximum atomic E-state index is 5.72. The Hall–Kier alpha value is -0.0800. The van der Waals surface area contributed by atoms with Crippen LogP contribution >= 0.6 is 0 Å². The van der Waals surface area contributed by atoms with E-state index in [2.05, 4.69) is 12.2 Å². The second kappa shape index (κ2) is 3.58. The number of methoxy groups -OCH3 is 1. The van der Waals surface area contributed by atoms with E-state index in [0.29, 0.717) is 0 Å². The summed E-state index contributed by atoms with van der Waals surface area (Å²) < 4.78 is 5.72. The molecule has 2 nitrogen and oxygen atoms in total. The molecular formula is C11H21NO. The minimum Gasteiger partial charge on any atom is -0.364 e. The molecule has 0 aromatic heterocycles. The maximum Gasteiger partial charge on any atom is 0.121 e. The second-order valence-electron chi connectivity index (χ2n) is 4.54. The van der Waals surface area contributed by atoms with E-state index in [1.165, 1.54) is 38.5 Å². The lowest BCUT2D eigenvalue weighted by molar-refractivity contribution is -0.0913. The molecule has 0 aromatic rings. The molecule has 2 aliphatic heterocycles. The van der Waals surface area contributed by atoms with Gasteiger partial charge in [-0.15, -0.1) is 0 Å². The van der Waals surface area contributed by atoms with E-state index in [1.54, 1.807) is 0 Å². The third-order valence-electron chi connectivity index (χ3n) is 3.84. The van der Waals surface area contributed by atoms with Crippen LogP contribution in [0.4, 0.5) is 0 Å². The Labute approximate surface area is 81.0 Å². The summed E-state index contributed by atoms with van der Waals surface area (Å²) in [5.41, 5.74) is 0.0545. The van der Waals surface area contributed by atoms with Crippen molar-refractivity contribution in [2.75, 3.05) is 7.11 Å². The summed E-state index contributed by atoms with van der Waals surface area (Å²) in [7, 11) is 1.86. The average molecular weight is 183 g/mol. The smallest absolute Gasteiger partial charge is 0.121 e. The van der Waals surface area contributed by atoms with E-state index in [1.807, 2.05) is 7.11 Å². The maximum absolute atomic E-state index is 5.72. The molecule has 13 heavy (non-hydrogen) atoms. The molecule has 0 spiro atoms. The number of piperidine rings is 1. The van der Waals surface area contributed by atoms with Gasteiger partial charge >= 0.3 is 0 Å². The van der Waals surface area contributed by atoms with E-state index in [-0.39, 0.29) is 5.72 Å². The fourth-order valence-corrected chi connectivity index (χ4v) is 3.11. The van der Waals surface area contributed by atoms with Gasteiger partial charge < -0.3 is 4.74 Å². The topological polar surface area (TPSA) is 21.3 Å². The van der Waals surface area contributed by atoms with Crippen LogP contribution in [0, 0.1) is 5.92 Å². The van der Waals surface area contributed by atoms with Crippen molar-refractivity contribution in [3.05, 3.63) is 0 Å². The number of hydrogen-bond donors (Lipinski definition) is 1. The van der Waals surface area contributed by atoms with E-state index in [0.717, 1.165) is 12.0 Å². The fourth-order valence-electron chi connectivity index (χ4n) is 3.11. The molecule has 2 saturated heterocycles. The summed E-state index contributed by atoms with van der Waals surface area (Å²) in [5, 5.41) is 3.67. The standard InChI is InChI=1S/C11H21NO/c1-3-4-9-5-6-10-7-8-11(9,12-10)13-2/h9-10,12H,3-8H2,1-2H3. The van der Waals surface area contributed by atoms with Crippen LogP contribution in [-0.2, 0) is 4.74 Å². The first-order chi connectivity index (χ1) is 6.30. The minimum absolute atomic E-state index is 0.0545. The molecule has 2 bridgehead atoms. The van der Waals surface area contributed by atoms with Crippen LogP contribution < -0.4 is 5.32 Å². The van der Waals surface area contributed by atoms with Crippen molar-refractivity contribution in [3.63, 3.8) is 0 Å². The Bertz CT molecular complexity index is 183. The highest BCUT2D eigenvalue weighted by atomic mass is 16.5. The zero-order chi connectivity index (χ0) is 9.31. The van der Waals surface area contributed by atoms with Crippen molar-refractivity contribution in [1.82, 2.24) is 5.32 Å². The summed E-state index contributed by atoms with van der Waals surface area (Å²) in [6, 6.07) is 0.744. The van der Waals surface area contributed by atoms with Crippen molar-refractivity contribution in [2.45, 2.75) is 57.2 Å². The highest BCUT2D eigenvalue weighted by Gasteiger charge is 2.47. The number of ether oxygens (including phenoxy) is 1. The SMILES string of the molecule is CCCC1CCC2CCC1(OC)N2. The first-order valence-corrected chi connectivity index (χ1v) is 5.63. The Morgan fingerprint density at radius 3 is 2.92 bits per heavy atom. The molecule has 0 saturated carbocycles. The van der Waals surface area contributed by atoms with Gasteiger partial charge in [0.15, 0.2) is 0 Å². The molecule has 2 aliphatic rings. The lowest BCUT2D eigenvalue weighted by Crippen LogP contribution is -2.54. The van der Waals surface area contributed by atoms with Crippen LogP contribution in [0.2, 0.25) is 0 Å².